The van der Waals surface area contributed by atoms with Crippen molar-refractivity contribution in [2.24, 2.45) is 17.8 Å². The fourth-order valence-corrected chi connectivity index (χ4v) is 4.26. The van der Waals surface area contributed by atoms with E-state index in [9.17, 15) is 9.90 Å². The predicted octanol–water partition coefficient (Wildman–Crippen LogP) is 2.33. The van der Waals surface area contributed by atoms with Crippen molar-refractivity contribution in [3.63, 3.8) is 0 Å². The third kappa shape index (κ3) is 3.51. The second kappa shape index (κ2) is 7.47. The number of aliphatic hydroxyl groups is 1. The van der Waals surface area contributed by atoms with E-state index in [4.69, 9.17) is 4.52 Å². The molecule has 1 aromatic carbocycles. The average molecular weight is 402 g/mol. The number of hydrogen-bond acceptors (Lipinski definition) is 5. The highest BCUT2D eigenvalue weighted by Gasteiger charge is 2.54. The normalized spacial score (nSPS) is 22.9. The number of carbonyl (C=O) groups is 1. The molecule has 5 rings (SSSR count). The van der Waals surface area contributed by atoms with E-state index >= 15 is 0 Å². The van der Waals surface area contributed by atoms with E-state index < -0.39 is 6.10 Å². The van der Waals surface area contributed by atoms with E-state index in [1.807, 2.05) is 46.0 Å². The lowest BCUT2D eigenvalue weighted by molar-refractivity contribution is -0.117. The molecule has 3 aromatic rings. The molecule has 1 N–H and O–H groups in total. The van der Waals surface area contributed by atoms with Crippen molar-refractivity contribution in [2.45, 2.75) is 19.6 Å². The van der Waals surface area contributed by atoms with Crippen molar-refractivity contribution >= 4 is 6.41 Å². The highest BCUT2D eigenvalue weighted by molar-refractivity contribution is 5.60. The lowest BCUT2D eigenvalue weighted by Crippen LogP contribution is -2.22. The second-order valence-electron chi connectivity index (χ2n) is 8.03. The Kier molecular flexibility index (Phi) is 4.64. The summed E-state index contributed by atoms with van der Waals surface area (Å²) in [5.74, 6) is 9.45. The van der Waals surface area contributed by atoms with Crippen molar-refractivity contribution < 1.29 is 14.4 Å². The smallest absolute Gasteiger partial charge is 0.209 e. The summed E-state index contributed by atoms with van der Waals surface area (Å²) in [5, 5.41) is 13.9. The number of aromatic nitrogens is 3. The molecule has 0 spiro atoms. The number of rotatable bonds is 5. The van der Waals surface area contributed by atoms with Crippen LogP contribution >= 0.6 is 0 Å². The topological polar surface area (TPSA) is 84.4 Å². The molecule has 1 aliphatic heterocycles. The Bertz CT molecular complexity index is 1110. The van der Waals surface area contributed by atoms with Crippen LogP contribution in [0.15, 0.2) is 47.2 Å². The Morgan fingerprint density at radius 2 is 2.07 bits per heavy atom. The van der Waals surface area contributed by atoms with Crippen LogP contribution in [0.1, 0.15) is 30.2 Å². The van der Waals surface area contributed by atoms with Crippen molar-refractivity contribution in [1.82, 2.24) is 19.6 Å². The lowest BCUT2D eigenvalue weighted by Gasteiger charge is -2.10. The summed E-state index contributed by atoms with van der Waals surface area (Å²) in [5.41, 5.74) is 2.69. The third-order valence-electron chi connectivity index (χ3n) is 5.94. The molecule has 0 unspecified atom stereocenters. The largest absolute Gasteiger partial charge is 0.385 e. The zero-order valence-corrected chi connectivity index (χ0v) is 16.6. The van der Waals surface area contributed by atoms with Gasteiger partial charge in [0.2, 0.25) is 6.41 Å². The number of benzene rings is 1. The molecule has 1 amide bonds. The predicted molar refractivity (Wildman–Crippen MR) is 109 cm³/mol. The number of amides is 1. The van der Waals surface area contributed by atoms with E-state index in [-0.39, 0.29) is 0 Å². The van der Waals surface area contributed by atoms with Gasteiger partial charge in [-0.05, 0) is 30.9 Å². The van der Waals surface area contributed by atoms with E-state index in [1.54, 1.807) is 13.1 Å². The van der Waals surface area contributed by atoms with Gasteiger partial charge in [-0.15, -0.1) is 0 Å². The van der Waals surface area contributed by atoms with E-state index in [0.717, 1.165) is 36.3 Å². The van der Waals surface area contributed by atoms with Crippen LogP contribution in [0.3, 0.4) is 0 Å². The Morgan fingerprint density at radius 3 is 2.77 bits per heavy atom. The number of fused-ring (bicyclic) bond motifs is 1. The standard InChI is InChI=1S/C23H22N4O3/c1-15(29)23-24-8-9-27(23)11-18-10-22(25-30-18)17-5-2-16(3-6-17)4-7-19-20-12-26(14-28)13-21(19)20/h2-3,5-6,8-10,14-15,19-21,29H,11-13H2,1H3/t15-,19-,20-,21+/m0/s1. The zero-order chi connectivity index (χ0) is 20.7. The Balaban J connectivity index is 1.23. The molecule has 0 bridgehead atoms. The summed E-state index contributed by atoms with van der Waals surface area (Å²) in [6.07, 6.45) is 3.76. The van der Waals surface area contributed by atoms with Crippen LogP contribution in [-0.4, -0.2) is 44.2 Å². The molecule has 2 aliphatic rings. The number of aliphatic hydroxyl groups excluding tert-OH is 1. The number of carbonyl (C=O) groups excluding carboxylic acids is 1. The van der Waals surface area contributed by atoms with Gasteiger partial charge in [0.15, 0.2) is 5.76 Å². The number of nitrogens with zero attached hydrogens (tertiary/aromatic N) is 4. The van der Waals surface area contributed by atoms with Gasteiger partial charge in [-0.25, -0.2) is 4.98 Å². The molecule has 7 nitrogen and oxygen atoms in total. The minimum atomic E-state index is -0.643. The van der Waals surface area contributed by atoms with Gasteiger partial charge in [-0.3, -0.25) is 4.79 Å². The van der Waals surface area contributed by atoms with Crippen LogP contribution in [0.25, 0.3) is 11.3 Å². The van der Waals surface area contributed by atoms with Gasteiger partial charge in [0, 0.05) is 48.6 Å². The van der Waals surface area contributed by atoms with Crippen LogP contribution in [0.4, 0.5) is 0 Å². The first-order chi connectivity index (χ1) is 14.6. The highest BCUT2D eigenvalue weighted by Crippen LogP contribution is 2.50. The van der Waals surface area contributed by atoms with Crippen LogP contribution in [0.5, 0.6) is 0 Å². The lowest BCUT2D eigenvalue weighted by atomic mass is 10.1. The third-order valence-corrected chi connectivity index (χ3v) is 5.94. The average Bonchev–Trinajstić information content (AvgIpc) is 3.25. The maximum atomic E-state index is 10.8. The van der Waals surface area contributed by atoms with Gasteiger partial charge in [-0.2, -0.15) is 0 Å². The molecule has 1 saturated carbocycles. The molecular formula is C23H22N4O3. The highest BCUT2D eigenvalue weighted by atomic mass is 16.5. The van der Waals surface area contributed by atoms with Gasteiger partial charge in [0.1, 0.15) is 17.6 Å². The molecule has 4 atom stereocenters. The molecule has 2 aromatic heterocycles. The summed E-state index contributed by atoms with van der Waals surface area (Å²) in [6, 6.07) is 9.87. The first kappa shape index (κ1) is 18.6. The zero-order valence-electron chi connectivity index (χ0n) is 16.6. The molecule has 1 aliphatic carbocycles. The maximum absolute atomic E-state index is 10.8. The molecule has 3 heterocycles. The summed E-state index contributed by atoms with van der Waals surface area (Å²) in [6.45, 7) is 3.84. The summed E-state index contributed by atoms with van der Waals surface area (Å²) in [4.78, 5) is 16.8. The number of piperidine rings is 1. The minimum Gasteiger partial charge on any atom is -0.385 e. The SMILES string of the molecule is C[C@H](O)c1nccn1Cc1cc(-c2ccc(C#C[C@@H]3[C@H]4CN(C=O)C[C@@H]34)cc2)no1. The van der Waals surface area contributed by atoms with E-state index in [2.05, 4.69) is 22.0 Å². The van der Waals surface area contributed by atoms with Crippen LogP contribution in [0, 0.1) is 29.6 Å². The van der Waals surface area contributed by atoms with Crippen molar-refractivity contribution in [2.75, 3.05) is 13.1 Å². The molecule has 30 heavy (non-hydrogen) atoms. The summed E-state index contributed by atoms with van der Waals surface area (Å²) >= 11 is 0. The summed E-state index contributed by atoms with van der Waals surface area (Å²) < 4.78 is 7.31. The van der Waals surface area contributed by atoms with Crippen molar-refractivity contribution in [3.05, 3.63) is 59.9 Å². The molecule has 152 valence electrons. The van der Waals surface area contributed by atoms with Crippen LogP contribution < -0.4 is 0 Å². The first-order valence-corrected chi connectivity index (χ1v) is 10.1. The minimum absolute atomic E-state index is 0.425. The van der Waals surface area contributed by atoms with E-state index in [0.29, 0.717) is 35.9 Å². The first-order valence-electron chi connectivity index (χ1n) is 10.1. The molecule has 0 radical (unpaired) electrons. The van der Waals surface area contributed by atoms with Crippen molar-refractivity contribution in [3.8, 4) is 23.1 Å². The molecule has 1 saturated heterocycles. The fourth-order valence-electron chi connectivity index (χ4n) is 4.26. The monoisotopic (exact) mass is 402 g/mol. The van der Waals surface area contributed by atoms with Gasteiger partial charge in [-0.1, -0.05) is 29.1 Å². The van der Waals surface area contributed by atoms with Gasteiger partial charge in [0.25, 0.3) is 0 Å². The Labute approximate surface area is 174 Å². The quantitative estimate of drug-likeness (QED) is 0.523. The molecular weight excluding hydrogens is 380 g/mol. The Morgan fingerprint density at radius 1 is 1.30 bits per heavy atom. The van der Waals surface area contributed by atoms with Gasteiger partial charge >= 0.3 is 0 Å². The maximum Gasteiger partial charge on any atom is 0.209 e. The molecule has 7 heteroatoms. The second-order valence-corrected chi connectivity index (χ2v) is 8.03. The summed E-state index contributed by atoms with van der Waals surface area (Å²) in [7, 11) is 0. The van der Waals surface area contributed by atoms with Crippen LogP contribution in [0.2, 0.25) is 0 Å². The number of hydrogen-bond donors (Lipinski definition) is 1. The fraction of sp³-hybridized carbons (Fsp3) is 0.348. The Hall–Kier alpha value is -3.37. The number of imidazole rings is 1. The number of likely N-dealkylation sites (tertiary alicyclic amines) is 1. The van der Waals surface area contributed by atoms with Crippen LogP contribution in [-0.2, 0) is 11.3 Å². The van der Waals surface area contributed by atoms with Gasteiger partial charge < -0.3 is 19.1 Å². The van der Waals surface area contributed by atoms with Gasteiger partial charge in [0.05, 0.1) is 6.54 Å². The van der Waals surface area contributed by atoms with E-state index in [1.165, 1.54) is 0 Å². The van der Waals surface area contributed by atoms with Crippen molar-refractivity contribution in [1.29, 1.82) is 0 Å². The molecule has 2 fully saturated rings.